The molecule has 0 aliphatic carbocycles. The smallest absolute Gasteiger partial charge is 0.337 e. The molecule has 6 rings (SSSR count). The van der Waals surface area contributed by atoms with Gasteiger partial charge in [0.15, 0.2) is 0 Å². The summed E-state index contributed by atoms with van der Waals surface area (Å²) in [6.45, 7) is 4.32. The van der Waals surface area contributed by atoms with Crippen LogP contribution in [-0.2, 0) is 24.4 Å². The van der Waals surface area contributed by atoms with Crippen LogP contribution < -0.4 is 33.9 Å². The predicted molar refractivity (Wildman–Crippen MR) is 187 cm³/mol. The fourth-order valence-electron chi connectivity index (χ4n) is 5.76. The monoisotopic (exact) mass is 700 g/mol. The first-order valence-corrected chi connectivity index (χ1v) is 16.5. The van der Waals surface area contributed by atoms with Gasteiger partial charge in [0.2, 0.25) is 5.91 Å². The van der Waals surface area contributed by atoms with Crippen LogP contribution in [0.15, 0.2) is 113 Å². The Labute approximate surface area is 292 Å². The summed E-state index contributed by atoms with van der Waals surface area (Å²) in [4.78, 5) is 43.2. The van der Waals surface area contributed by atoms with E-state index in [1.54, 1.807) is 42.5 Å². The van der Waals surface area contributed by atoms with Crippen LogP contribution in [0, 0.1) is 17.6 Å². The van der Waals surface area contributed by atoms with E-state index < -0.39 is 29.4 Å². The van der Waals surface area contributed by atoms with E-state index in [1.807, 2.05) is 63.4 Å². The van der Waals surface area contributed by atoms with Crippen molar-refractivity contribution in [2.45, 2.75) is 33.5 Å². The number of carbonyl (C=O) groups excluding carboxylic acids is 1. The zero-order chi connectivity index (χ0) is 33.9. The fourth-order valence-corrected chi connectivity index (χ4v) is 7.07. The second kappa shape index (κ2) is 15.1. The number of fused-ring (bicyclic) bond motifs is 1. The second-order valence-corrected chi connectivity index (χ2v) is 13.2. The molecule has 49 heavy (non-hydrogen) atoms. The number of quaternary nitrogens is 1. The summed E-state index contributed by atoms with van der Waals surface area (Å²) in [6.07, 6.45) is 0. The molecular formula is C38H35ClF2N4O3S. The molecule has 6 aromatic rings. The summed E-state index contributed by atoms with van der Waals surface area (Å²) in [6, 6.07) is 29.5. The van der Waals surface area contributed by atoms with E-state index in [2.05, 4.69) is 5.32 Å². The second-order valence-electron chi connectivity index (χ2n) is 12.2. The summed E-state index contributed by atoms with van der Waals surface area (Å²) in [5, 5.41) is 3.22. The third kappa shape index (κ3) is 7.41. The van der Waals surface area contributed by atoms with Gasteiger partial charge in [0.25, 0.3) is 5.56 Å². The fraction of sp³-hybridized carbons (Fsp3) is 0.184. The molecule has 252 valence electrons. The van der Waals surface area contributed by atoms with Crippen molar-refractivity contribution in [3.63, 3.8) is 0 Å². The number of anilines is 1. The number of rotatable bonds is 10. The lowest BCUT2D eigenvalue weighted by Crippen LogP contribution is -3.06. The van der Waals surface area contributed by atoms with Crippen molar-refractivity contribution in [2.75, 3.05) is 12.4 Å². The van der Waals surface area contributed by atoms with Crippen molar-refractivity contribution in [3.8, 4) is 16.1 Å². The third-order valence-corrected chi connectivity index (χ3v) is 9.54. The molecule has 1 unspecified atom stereocenters. The van der Waals surface area contributed by atoms with Gasteiger partial charge < -0.3 is 22.6 Å². The molecule has 0 spiro atoms. The molecule has 0 saturated carbocycles. The lowest BCUT2D eigenvalue weighted by atomic mass is 10.1. The van der Waals surface area contributed by atoms with E-state index in [-0.39, 0.29) is 29.8 Å². The number of carbonyl (C=O) groups is 1. The minimum atomic E-state index is -0.782. The van der Waals surface area contributed by atoms with Gasteiger partial charge in [0.1, 0.15) is 29.6 Å². The van der Waals surface area contributed by atoms with Crippen LogP contribution in [0.4, 0.5) is 14.5 Å². The highest BCUT2D eigenvalue weighted by Crippen LogP contribution is 2.37. The lowest BCUT2D eigenvalue weighted by molar-refractivity contribution is -0.907. The summed E-state index contributed by atoms with van der Waals surface area (Å²) >= 11 is 1.24. The summed E-state index contributed by atoms with van der Waals surface area (Å²) < 4.78 is 32.4. The summed E-state index contributed by atoms with van der Waals surface area (Å²) in [7, 11) is 2.03. The van der Waals surface area contributed by atoms with Gasteiger partial charge in [-0.15, -0.1) is 11.3 Å². The summed E-state index contributed by atoms with van der Waals surface area (Å²) in [5.74, 6) is -1.86. The Morgan fingerprint density at radius 1 is 0.816 bits per heavy atom. The average Bonchev–Trinajstić information content (AvgIpc) is 3.44. The molecule has 1 atom stereocenters. The van der Waals surface area contributed by atoms with Crippen molar-refractivity contribution in [1.82, 2.24) is 9.13 Å². The number of thiophene rings is 1. The lowest BCUT2D eigenvalue weighted by Gasteiger charge is -2.16. The molecule has 2 aromatic heterocycles. The maximum atomic E-state index is 15.0. The van der Waals surface area contributed by atoms with Gasteiger partial charge in [-0.25, -0.2) is 18.1 Å². The van der Waals surface area contributed by atoms with Gasteiger partial charge in [-0.05, 0) is 42.0 Å². The van der Waals surface area contributed by atoms with E-state index >= 15 is 8.78 Å². The number of nitrogens with zero attached hydrogens (tertiary/aromatic N) is 2. The van der Waals surface area contributed by atoms with Crippen molar-refractivity contribution < 1.29 is 30.9 Å². The molecule has 7 nitrogen and oxygen atoms in total. The molecule has 0 saturated heterocycles. The van der Waals surface area contributed by atoms with Crippen LogP contribution in [-0.4, -0.2) is 22.1 Å². The maximum Gasteiger partial charge on any atom is 0.337 e. The van der Waals surface area contributed by atoms with Crippen molar-refractivity contribution >= 4 is 33.1 Å². The molecule has 2 N–H and O–H groups in total. The molecule has 2 heterocycles. The minimum absolute atomic E-state index is 0. The molecule has 1 amide bonds. The van der Waals surface area contributed by atoms with E-state index in [0.29, 0.717) is 34.7 Å². The quantitative estimate of drug-likeness (QED) is 0.231. The minimum Gasteiger partial charge on any atom is -1.00 e. The number of aromatic nitrogens is 2. The van der Waals surface area contributed by atoms with E-state index in [4.69, 9.17) is 0 Å². The Morgan fingerprint density at radius 2 is 1.43 bits per heavy atom. The zero-order valence-electron chi connectivity index (χ0n) is 27.2. The van der Waals surface area contributed by atoms with Gasteiger partial charge in [0, 0.05) is 33.2 Å². The largest absolute Gasteiger partial charge is 1.00 e. The van der Waals surface area contributed by atoms with Crippen molar-refractivity contribution in [3.05, 3.63) is 152 Å². The molecule has 0 bridgehead atoms. The van der Waals surface area contributed by atoms with E-state index in [1.165, 1.54) is 22.0 Å². The first-order chi connectivity index (χ1) is 23.1. The van der Waals surface area contributed by atoms with Crippen LogP contribution in [0.5, 0.6) is 0 Å². The Bertz CT molecular complexity index is 2200. The normalized spacial score (nSPS) is 11.8. The first-order valence-electron chi connectivity index (χ1n) is 15.7. The van der Waals surface area contributed by atoms with Crippen LogP contribution in [0.1, 0.15) is 30.5 Å². The maximum absolute atomic E-state index is 15.0. The average molecular weight is 701 g/mol. The van der Waals surface area contributed by atoms with Gasteiger partial charge in [-0.3, -0.25) is 14.2 Å². The first kappa shape index (κ1) is 35.4. The molecule has 0 aliphatic rings. The Kier molecular flexibility index (Phi) is 10.9. The van der Waals surface area contributed by atoms with Crippen LogP contribution >= 0.6 is 11.3 Å². The van der Waals surface area contributed by atoms with Crippen LogP contribution in [0.2, 0.25) is 0 Å². The highest BCUT2D eigenvalue weighted by atomic mass is 35.5. The molecular weight excluding hydrogens is 666 g/mol. The van der Waals surface area contributed by atoms with E-state index in [9.17, 15) is 14.4 Å². The third-order valence-electron chi connectivity index (χ3n) is 8.23. The summed E-state index contributed by atoms with van der Waals surface area (Å²) in [5.41, 5.74) is 2.14. The SMILES string of the molecule is CC(C)C(=O)Nc1ccc(-c2sc3c(c2C[NH+](C)Cc2ccccc2)c(=O)n(-c2ccccc2)c(=O)n3Cc2c(F)cccc2F)cc1.[Cl-]. The number of halogens is 3. The van der Waals surface area contributed by atoms with Crippen molar-refractivity contribution in [1.29, 1.82) is 0 Å². The van der Waals surface area contributed by atoms with Crippen LogP contribution in [0.3, 0.4) is 0 Å². The Hall–Kier alpha value is -4.90. The number of para-hydroxylation sites is 1. The highest BCUT2D eigenvalue weighted by Gasteiger charge is 2.27. The number of amides is 1. The molecule has 11 heteroatoms. The Morgan fingerprint density at radius 3 is 2.04 bits per heavy atom. The van der Waals surface area contributed by atoms with Crippen molar-refractivity contribution in [2.24, 2.45) is 5.92 Å². The zero-order valence-corrected chi connectivity index (χ0v) is 28.7. The number of nitrogens with one attached hydrogen (secondary N) is 2. The number of hydrogen-bond donors (Lipinski definition) is 2. The number of benzene rings is 4. The van der Waals surface area contributed by atoms with Crippen LogP contribution in [0.25, 0.3) is 26.3 Å². The van der Waals surface area contributed by atoms with Gasteiger partial charge >= 0.3 is 5.69 Å². The van der Waals surface area contributed by atoms with Gasteiger partial charge in [-0.1, -0.05) is 80.6 Å². The Balaban J connectivity index is 0.00000468. The van der Waals surface area contributed by atoms with E-state index in [0.717, 1.165) is 43.2 Å². The standard InChI is InChI=1S/C38H34F2N4O3S.ClH/c1-24(2)35(45)41-27-19-17-26(18-20-27)34-30(22-42(3)21-25-11-6-4-7-12-25)33-36(46)44(28-13-8-5-9-14-28)38(47)43(37(33)48-34)23-29-31(39)15-10-16-32(29)40;/h4-20,24H,21-23H2,1-3H3,(H,41,45);1H. The number of hydrogen-bond acceptors (Lipinski definition) is 4. The molecule has 4 aromatic carbocycles. The van der Waals surface area contributed by atoms with Gasteiger partial charge in [-0.2, -0.15) is 0 Å². The predicted octanol–water partition coefficient (Wildman–Crippen LogP) is 3.02. The molecule has 0 radical (unpaired) electrons. The van der Waals surface area contributed by atoms with Gasteiger partial charge in [0.05, 0.1) is 24.7 Å². The molecule has 0 fully saturated rings. The highest BCUT2D eigenvalue weighted by molar-refractivity contribution is 7.22. The molecule has 0 aliphatic heterocycles. The topological polar surface area (TPSA) is 77.5 Å².